The molecule has 0 saturated carbocycles. The molecule has 1 aliphatic rings. The topological polar surface area (TPSA) is 32.8 Å². The van der Waals surface area contributed by atoms with Crippen LogP contribution < -0.4 is 4.90 Å². The number of nitrogens with zero attached hydrogens (tertiary/aromatic N) is 2. The van der Waals surface area contributed by atoms with Crippen LogP contribution in [0.4, 0.5) is 5.69 Å². The predicted molar refractivity (Wildman–Crippen MR) is 85.4 cm³/mol. The van der Waals surface area contributed by atoms with E-state index in [1.165, 1.54) is 11.3 Å². The lowest BCUT2D eigenvalue weighted by molar-refractivity contribution is -0.150. The third-order valence-electron chi connectivity index (χ3n) is 3.98. The van der Waals surface area contributed by atoms with Crippen LogP contribution in [0.3, 0.4) is 0 Å². The number of likely N-dealkylation sites (tertiary alicyclic amines) is 1. The zero-order valence-corrected chi connectivity index (χ0v) is 13.3. The van der Waals surface area contributed by atoms with Gasteiger partial charge in [-0.2, -0.15) is 0 Å². The molecule has 0 aliphatic carbocycles. The molecule has 2 rings (SSSR count). The highest BCUT2D eigenvalue weighted by Gasteiger charge is 2.26. The van der Waals surface area contributed by atoms with Crippen molar-refractivity contribution in [2.45, 2.75) is 26.3 Å². The standard InChI is InChI=1S/C17H26N2O2/c1-4-21-17(20)15-6-5-11-19(13-15)12-14-7-9-16(10-8-14)18(2)3/h7-10,15H,4-6,11-13H2,1-3H3. The van der Waals surface area contributed by atoms with Crippen molar-refractivity contribution in [2.24, 2.45) is 5.92 Å². The van der Waals surface area contributed by atoms with Crippen LogP contribution in [0.15, 0.2) is 24.3 Å². The number of hydrogen-bond acceptors (Lipinski definition) is 4. The maximum Gasteiger partial charge on any atom is 0.310 e. The van der Waals surface area contributed by atoms with Crippen LogP contribution in [-0.2, 0) is 16.1 Å². The number of esters is 1. The van der Waals surface area contributed by atoms with Crippen molar-refractivity contribution in [1.29, 1.82) is 0 Å². The van der Waals surface area contributed by atoms with Gasteiger partial charge in [-0.1, -0.05) is 12.1 Å². The summed E-state index contributed by atoms with van der Waals surface area (Å²) in [6.45, 7) is 5.12. The summed E-state index contributed by atoms with van der Waals surface area (Å²) >= 11 is 0. The molecule has 4 heteroatoms. The maximum absolute atomic E-state index is 11.9. The van der Waals surface area contributed by atoms with Gasteiger partial charge in [-0.25, -0.2) is 0 Å². The molecule has 0 bridgehead atoms. The Bertz CT molecular complexity index is 456. The van der Waals surface area contributed by atoms with Crippen molar-refractivity contribution in [1.82, 2.24) is 4.90 Å². The molecule has 1 unspecified atom stereocenters. The van der Waals surface area contributed by atoms with Gasteiger partial charge in [-0.05, 0) is 44.0 Å². The first-order valence-electron chi connectivity index (χ1n) is 7.75. The van der Waals surface area contributed by atoms with E-state index < -0.39 is 0 Å². The Morgan fingerprint density at radius 2 is 2.05 bits per heavy atom. The number of ether oxygens (including phenoxy) is 1. The van der Waals surface area contributed by atoms with E-state index in [2.05, 4.69) is 34.1 Å². The molecule has 116 valence electrons. The van der Waals surface area contributed by atoms with E-state index in [0.717, 1.165) is 32.5 Å². The fraction of sp³-hybridized carbons (Fsp3) is 0.588. The van der Waals surface area contributed by atoms with Gasteiger partial charge in [-0.3, -0.25) is 9.69 Å². The average Bonchev–Trinajstić information content (AvgIpc) is 2.48. The fourth-order valence-electron chi connectivity index (χ4n) is 2.81. The number of carbonyl (C=O) groups is 1. The van der Waals surface area contributed by atoms with Crippen LogP contribution >= 0.6 is 0 Å². The van der Waals surface area contributed by atoms with Gasteiger partial charge in [0.25, 0.3) is 0 Å². The molecule has 1 atom stereocenters. The highest BCUT2D eigenvalue weighted by Crippen LogP contribution is 2.21. The van der Waals surface area contributed by atoms with Gasteiger partial charge in [0.1, 0.15) is 0 Å². The van der Waals surface area contributed by atoms with Crippen LogP contribution in [0.25, 0.3) is 0 Å². The fourth-order valence-corrected chi connectivity index (χ4v) is 2.81. The van der Waals surface area contributed by atoms with Gasteiger partial charge in [0.05, 0.1) is 12.5 Å². The minimum atomic E-state index is -0.0369. The Balaban J connectivity index is 1.91. The Hall–Kier alpha value is -1.55. The highest BCUT2D eigenvalue weighted by atomic mass is 16.5. The number of piperidine rings is 1. The second-order valence-corrected chi connectivity index (χ2v) is 5.89. The van der Waals surface area contributed by atoms with Crippen LogP contribution in [0.1, 0.15) is 25.3 Å². The molecule has 1 fully saturated rings. The van der Waals surface area contributed by atoms with Crippen LogP contribution in [0.2, 0.25) is 0 Å². The summed E-state index contributed by atoms with van der Waals surface area (Å²) in [5.74, 6) is 0.00454. The number of hydrogen-bond donors (Lipinski definition) is 0. The molecule has 1 aliphatic heterocycles. The Kier molecular flexibility index (Phi) is 5.62. The van der Waals surface area contributed by atoms with E-state index in [0.29, 0.717) is 6.61 Å². The number of carbonyl (C=O) groups excluding carboxylic acids is 1. The minimum absolute atomic E-state index is 0.0369. The zero-order chi connectivity index (χ0) is 15.2. The van der Waals surface area contributed by atoms with Crippen molar-refractivity contribution < 1.29 is 9.53 Å². The number of anilines is 1. The van der Waals surface area contributed by atoms with Crippen LogP contribution in [0.5, 0.6) is 0 Å². The largest absolute Gasteiger partial charge is 0.466 e. The monoisotopic (exact) mass is 290 g/mol. The summed E-state index contributed by atoms with van der Waals surface area (Å²) in [6.07, 6.45) is 2.02. The van der Waals surface area contributed by atoms with E-state index in [9.17, 15) is 4.79 Å². The molecule has 21 heavy (non-hydrogen) atoms. The number of rotatable bonds is 5. The summed E-state index contributed by atoms with van der Waals surface area (Å²) in [6, 6.07) is 8.62. The third-order valence-corrected chi connectivity index (χ3v) is 3.98. The first-order valence-corrected chi connectivity index (χ1v) is 7.75. The summed E-state index contributed by atoms with van der Waals surface area (Å²) in [7, 11) is 4.09. The summed E-state index contributed by atoms with van der Waals surface area (Å²) in [4.78, 5) is 16.3. The van der Waals surface area contributed by atoms with Gasteiger partial charge in [0, 0.05) is 32.9 Å². The molecule has 0 spiro atoms. The first kappa shape index (κ1) is 15.8. The van der Waals surface area contributed by atoms with Crippen LogP contribution in [0, 0.1) is 5.92 Å². The molecule has 1 saturated heterocycles. The molecular weight excluding hydrogens is 264 g/mol. The second-order valence-electron chi connectivity index (χ2n) is 5.89. The number of benzene rings is 1. The molecular formula is C17H26N2O2. The average molecular weight is 290 g/mol. The second kappa shape index (κ2) is 7.46. The van der Waals surface area contributed by atoms with Crippen molar-refractivity contribution >= 4 is 11.7 Å². The van der Waals surface area contributed by atoms with Crippen molar-refractivity contribution in [3.8, 4) is 0 Å². The minimum Gasteiger partial charge on any atom is -0.466 e. The van der Waals surface area contributed by atoms with Gasteiger partial charge in [0.15, 0.2) is 0 Å². The lowest BCUT2D eigenvalue weighted by Crippen LogP contribution is -2.38. The molecule has 0 N–H and O–H groups in total. The summed E-state index contributed by atoms with van der Waals surface area (Å²) in [5.41, 5.74) is 2.51. The Morgan fingerprint density at radius 3 is 2.67 bits per heavy atom. The summed E-state index contributed by atoms with van der Waals surface area (Å²) < 4.78 is 5.15. The van der Waals surface area contributed by atoms with E-state index in [1.54, 1.807) is 0 Å². The van der Waals surface area contributed by atoms with Gasteiger partial charge in [0.2, 0.25) is 0 Å². The van der Waals surface area contributed by atoms with Crippen molar-refractivity contribution in [3.63, 3.8) is 0 Å². The van der Waals surface area contributed by atoms with Crippen molar-refractivity contribution in [3.05, 3.63) is 29.8 Å². The lowest BCUT2D eigenvalue weighted by Gasteiger charge is -2.31. The van der Waals surface area contributed by atoms with E-state index in [1.807, 2.05) is 21.0 Å². The van der Waals surface area contributed by atoms with Gasteiger partial charge in [-0.15, -0.1) is 0 Å². The van der Waals surface area contributed by atoms with Crippen molar-refractivity contribution in [2.75, 3.05) is 38.7 Å². The van der Waals surface area contributed by atoms with E-state index in [4.69, 9.17) is 4.74 Å². The molecule has 1 aromatic rings. The molecule has 1 heterocycles. The predicted octanol–water partition coefficient (Wildman–Crippen LogP) is 2.53. The van der Waals surface area contributed by atoms with Gasteiger partial charge >= 0.3 is 5.97 Å². The molecule has 0 amide bonds. The quantitative estimate of drug-likeness (QED) is 0.780. The SMILES string of the molecule is CCOC(=O)C1CCCN(Cc2ccc(N(C)C)cc2)C1. The van der Waals surface area contributed by atoms with Crippen LogP contribution in [-0.4, -0.2) is 44.7 Å². The maximum atomic E-state index is 11.9. The van der Waals surface area contributed by atoms with Gasteiger partial charge < -0.3 is 9.64 Å². The smallest absolute Gasteiger partial charge is 0.310 e. The third kappa shape index (κ3) is 4.46. The summed E-state index contributed by atoms with van der Waals surface area (Å²) in [5, 5.41) is 0. The Morgan fingerprint density at radius 1 is 1.33 bits per heavy atom. The molecule has 4 nitrogen and oxygen atoms in total. The highest BCUT2D eigenvalue weighted by molar-refractivity contribution is 5.72. The zero-order valence-electron chi connectivity index (χ0n) is 13.3. The normalized spacial score (nSPS) is 19.3. The molecule has 0 aromatic heterocycles. The first-order chi connectivity index (χ1) is 10.1. The molecule has 1 aromatic carbocycles. The van der Waals surface area contributed by atoms with E-state index >= 15 is 0 Å². The lowest BCUT2D eigenvalue weighted by atomic mass is 9.97. The molecule has 0 radical (unpaired) electrons. The Labute approximate surface area is 127 Å². The van der Waals surface area contributed by atoms with E-state index in [-0.39, 0.29) is 11.9 Å².